The van der Waals surface area contributed by atoms with E-state index in [1.165, 1.54) is 0 Å². The number of ketones is 2. The van der Waals surface area contributed by atoms with Crippen LogP contribution in [0.3, 0.4) is 0 Å². The summed E-state index contributed by atoms with van der Waals surface area (Å²) < 4.78 is 33.6. The SMILES string of the molecule is CCC(C)(C)CC(C)(C)C(=O)C(C)(CC)OC(C)C(=O)C(C)(CC)OC(CNC(C)(C)C)COc1nsnc1N1CCOCC1. The lowest BCUT2D eigenvalue weighted by Gasteiger charge is -2.41. The van der Waals surface area contributed by atoms with Crippen molar-refractivity contribution in [2.24, 2.45) is 10.8 Å². The van der Waals surface area contributed by atoms with Gasteiger partial charge in [-0.3, -0.25) is 9.59 Å². The summed E-state index contributed by atoms with van der Waals surface area (Å²) in [4.78, 5) is 30.2. The Bertz CT molecular complexity index is 1100. The molecule has 260 valence electrons. The zero-order chi connectivity index (χ0) is 34.3. The van der Waals surface area contributed by atoms with Crippen molar-refractivity contribution in [3.8, 4) is 5.88 Å². The highest BCUT2D eigenvalue weighted by molar-refractivity contribution is 6.99. The minimum absolute atomic E-state index is 0.0135. The molecule has 1 fully saturated rings. The Morgan fingerprint density at radius 2 is 1.51 bits per heavy atom. The van der Waals surface area contributed by atoms with Gasteiger partial charge < -0.3 is 29.2 Å². The molecule has 0 spiro atoms. The second kappa shape index (κ2) is 16.0. The number of rotatable bonds is 19. The van der Waals surface area contributed by atoms with Gasteiger partial charge in [0.1, 0.15) is 30.0 Å². The number of aromatic nitrogens is 2. The van der Waals surface area contributed by atoms with Crippen LogP contribution in [0, 0.1) is 10.8 Å². The molecule has 10 nitrogen and oxygen atoms in total. The predicted molar refractivity (Wildman–Crippen MR) is 181 cm³/mol. The molecule has 4 atom stereocenters. The molecule has 1 aliphatic heterocycles. The second-order valence-corrected chi connectivity index (χ2v) is 15.9. The van der Waals surface area contributed by atoms with Gasteiger partial charge in [0.2, 0.25) is 5.82 Å². The van der Waals surface area contributed by atoms with Crippen LogP contribution >= 0.6 is 11.7 Å². The van der Waals surface area contributed by atoms with Gasteiger partial charge in [0.05, 0.1) is 24.9 Å². The molecule has 0 aromatic carbocycles. The second-order valence-electron chi connectivity index (χ2n) is 15.4. The fourth-order valence-corrected chi connectivity index (χ4v) is 6.45. The first-order valence-electron chi connectivity index (χ1n) is 16.7. The van der Waals surface area contributed by atoms with Crippen LogP contribution in [0.25, 0.3) is 0 Å². The number of nitrogens with one attached hydrogen (secondary N) is 1. The monoisotopic (exact) mass is 654 g/mol. The molecule has 4 unspecified atom stereocenters. The summed E-state index contributed by atoms with van der Waals surface area (Å²) >= 11 is 1.11. The van der Waals surface area contributed by atoms with Crippen molar-refractivity contribution in [3.05, 3.63) is 0 Å². The molecule has 11 heteroatoms. The van der Waals surface area contributed by atoms with Crippen LogP contribution in [-0.2, 0) is 23.8 Å². The summed E-state index contributed by atoms with van der Waals surface area (Å²) in [5, 5.41) is 3.49. The van der Waals surface area contributed by atoms with Crippen LogP contribution in [-0.4, -0.2) is 88.7 Å². The van der Waals surface area contributed by atoms with Gasteiger partial charge in [0.25, 0.3) is 5.88 Å². The standard InChI is InChI=1S/C34H62N4O6S/c1-14-31(8,9)23-32(10,11)29(40)34(13,16-3)43-24(4)26(39)33(12,15-2)44-25(21-35-30(5,6)7)22-42-28-27(36-45-37-28)38-17-19-41-20-18-38/h24-25,35H,14-23H2,1-13H3. The zero-order valence-corrected chi connectivity index (χ0v) is 31.2. The molecule has 1 aromatic rings. The molecule has 0 radical (unpaired) electrons. The van der Waals surface area contributed by atoms with Crippen molar-refractivity contribution in [3.63, 3.8) is 0 Å². The summed E-state index contributed by atoms with van der Waals surface area (Å²) in [6.07, 6.45) is 1.26. The maximum atomic E-state index is 14.1. The molecular formula is C34H62N4O6S. The topological polar surface area (TPSA) is 112 Å². The van der Waals surface area contributed by atoms with E-state index in [9.17, 15) is 9.59 Å². The molecule has 0 amide bonds. The average molecular weight is 655 g/mol. The van der Waals surface area contributed by atoms with Gasteiger partial charge in [0, 0.05) is 30.6 Å². The van der Waals surface area contributed by atoms with E-state index in [0.717, 1.165) is 37.7 Å². The quantitative estimate of drug-likeness (QED) is 0.183. The highest BCUT2D eigenvalue weighted by Crippen LogP contribution is 2.41. The maximum absolute atomic E-state index is 14.1. The Kier molecular flexibility index (Phi) is 14.0. The van der Waals surface area contributed by atoms with Crippen molar-refractivity contribution in [1.82, 2.24) is 14.1 Å². The smallest absolute Gasteiger partial charge is 0.270 e. The maximum Gasteiger partial charge on any atom is 0.270 e. The molecule has 2 rings (SSSR count). The molecule has 1 N–H and O–H groups in total. The van der Waals surface area contributed by atoms with Crippen LogP contribution in [0.4, 0.5) is 5.82 Å². The number of hydrogen-bond acceptors (Lipinski definition) is 11. The van der Waals surface area contributed by atoms with Gasteiger partial charge >= 0.3 is 0 Å². The first-order valence-corrected chi connectivity index (χ1v) is 17.4. The molecule has 45 heavy (non-hydrogen) atoms. The molecule has 1 aromatic heterocycles. The fourth-order valence-electron chi connectivity index (χ4n) is 5.93. The summed E-state index contributed by atoms with van der Waals surface area (Å²) in [6, 6.07) is 0. The third-order valence-electron chi connectivity index (χ3n) is 9.09. The van der Waals surface area contributed by atoms with E-state index < -0.39 is 28.8 Å². The first kappa shape index (κ1) is 39.5. The molecule has 1 saturated heterocycles. The van der Waals surface area contributed by atoms with E-state index in [0.29, 0.717) is 44.3 Å². The normalized spacial score (nSPS) is 19.0. The van der Waals surface area contributed by atoms with Gasteiger partial charge in [-0.1, -0.05) is 54.9 Å². The Labute approximate surface area is 277 Å². The third kappa shape index (κ3) is 11.2. The highest BCUT2D eigenvalue weighted by atomic mass is 32.1. The van der Waals surface area contributed by atoms with E-state index in [1.54, 1.807) is 6.92 Å². The van der Waals surface area contributed by atoms with Crippen LogP contribution in [0.15, 0.2) is 0 Å². The van der Waals surface area contributed by atoms with Gasteiger partial charge in [-0.05, 0) is 66.2 Å². The van der Waals surface area contributed by atoms with Crippen molar-refractivity contribution < 1.29 is 28.5 Å². The molecule has 2 heterocycles. The van der Waals surface area contributed by atoms with Gasteiger partial charge in [-0.2, -0.15) is 4.37 Å². The molecule has 1 aliphatic rings. The largest absolute Gasteiger partial charge is 0.472 e. The zero-order valence-electron chi connectivity index (χ0n) is 30.4. The first-order chi connectivity index (χ1) is 20.7. The summed E-state index contributed by atoms with van der Waals surface area (Å²) in [6.45, 7) is 29.3. The number of nitrogens with zero attached hydrogens (tertiary/aromatic N) is 3. The minimum atomic E-state index is -1.17. The highest BCUT2D eigenvalue weighted by Gasteiger charge is 2.47. The fraction of sp³-hybridized carbons (Fsp3) is 0.882. The Morgan fingerprint density at radius 1 is 0.911 bits per heavy atom. The number of carbonyl (C=O) groups excluding carboxylic acids is 2. The molecule has 0 bridgehead atoms. The summed E-state index contributed by atoms with van der Waals surface area (Å²) in [7, 11) is 0. The lowest BCUT2D eigenvalue weighted by Crippen LogP contribution is -2.54. The average Bonchev–Trinajstić information content (AvgIpc) is 3.45. The van der Waals surface area contributed by atoms with Crippen LogP contribution in [0.5, 0.6) is 5.88 Å². The van der Waals surface area contributed by atoms with Gasteiger partial charge in [-0.15, -0.1) is 4.37 Å². The summed E-state index contributed by atoms with van der Waals surface area (Å²) in [5.41, 5.74) is -3.05. The number of ether oxygens (including phenoxy) is 4. The van der Waals surface area contributed by atoms with Crippen molar-refractivity contribution in [2.45, 2.75) is 145 Å². The molecule has 0 saturated carbocycles. The van der Waals surface area contributed by atoms with Crippen LogP contribution < -0.4 is 15.0 Å². The number of carbonyl (C=O) groups is 2. The lowest BCUT2D eigenvalue weighted by atomic mass is 9.68. The van der Waals surface area contributed by atoms with E-state index in [-0.39, 0.29) is 29.1 Å². The van der Waals surface area contributed by atoms with Gasteiger partial charge in [0.15, 0.2) is 11.6 Å². The Balaban J connectivity index is 2.23. The van der Waals surface area contributed by atoms with Crippen molar-refractivity contribution in [2.75, 3.05) is 44.4 Å². The van der Waals surface area contributed by atoms with Crippen molar-refractivity contribution >= 4 is 29.1 Å². The van der Waals surface area contributed by atoms with Crippen LogP contribution in [0.2, 0.25) is 0 Å². The number of Topliss-reactive ketones (excluding diaryl/α,β-unsaturated/α-hetero) is 2. The van der Waals surface area contributed by atoms with E-state index >= 15 is 0 Å². The van der Waals surface area contributed by atoms with E-state index in [2.05, 4.69) is 60.5 Å². The number of morpholine rings is 1. The number of anilines is 1. The predicted octanol–water partition coefficient (Wildman–Crippen LogP) is 6.26. The molecule has 0 aliphatic carbocycles. The Morgan fingerprint density at radius 3 is 2.04 bits per heavy atom. The van der Waals surface area contributed by atoms with Crippen LogP contribution in [0.1, 0.15) is 116 Å². The lowest BCUT2D eigenvalue weighted by molar-refractivity contribution is -0.179. The minimum Gasteiger partial charge on any atom is -0.472 e. The third-order valence-corrected chi connectivity index (χ3v) is 9.60. The molecular weight excluding hydrogens is 592 g/mol. The van der Waals surface area contributed by atoms with E-state index in [1.807, 2.05) is 41.5 Å². The van der Waals surface area contributed by atoms with E-state index in [4.69, 9.17) is 18.9 Å². The summed E-state index contributed by atoms with van der Waals surface area (Å²) in [5.74, 6) is 0.982. The Hall–Kier alpha value is -1.66. The van der Waals surface area contributed by atoms with Crippen molar-refractivity contribution in [1.29, 1.82) is 0 Å². The number of hydrogen-bond donors (Lipinski definition) is 1. The van der Waals surface area contributed by atoms with Gasteiger partial charge in [-0.25, -0.2) is 0 Å².